The van der Waals surface area contributed by atoms with Crippen molar-refractivity contribution < 1.29 is 27.4 Å². The summed E-state index contributed by atoms with van der Waals surface area (Å²) in [5, 5.41) is 3.97. The molecule has 0 radical (unpaired) electrons. The van der Waals surface area contributed by atoms with E-state index >= 15 is 0 Å². The first-order valence-electron chi connectivity index (χ1n) is 12.2. The number of nitrogens with zero attached hydrogens (tertiary/aromatic N) is 3. The predicted octanol–water partition coefficient (Wildman–Crippen LogP) is 3.96. The quantitative estimate of drug-likeness (QED) is 0.527. The van der Waals surface area contributed by atoms with Gasteiger partial charge in [0.05, 0.1) is 23.8 Å². The topological polar surface area (TPSA) is 76.6 Å². The fourth-order valence-electron chi connectivity index (χ4n) is 4.40. The summed E-state index contributed by atoms with van der Waals surface area (Å²) in [4.78, 5) is 24.0. The molecular formula is C25H31F3N4O3S. The van der Waals surface area contributed by atoms with Gasteiger partial charge in [0.25, 0.3) is 0 Å². The van der Waals surface area contributed by atoms with Gasteiger partial charge >= 0.3 is 6.18 Å². The van der Waals surface area contributed by atoms with Gasteiger partial charge in [-0.15, -0.1) is 11.3 Å². The van der Waals surface area contributed by atoms with E-state index in [1.165, 1.54) is 12.1 Å². The molecule has 11 heteroatoms. The van der Waals surface area contributed by atoms with Gasteiger partial charge in [-0.1, -0.05) is 6.07 Å². The molecule has 1 N–H and O–H groups in total. The maximum absolute atomic E-state index is 12.4. The van der Waals surface area contributed by atoms with E-state index in [0.717, 1.165) is 66.5 Å². The first-order chi connectivity index (χ1) is 17.2. The highest BCUT2D eigenvalue weighted by molar-refractivity contribution is 7.12. The number of nitrogens with one attached hydrogen (secondary N) is 1. The maximum Gasteiger partial charge on any atom is 0.422 e. The van der Waals surface area contributed by atoms with Crippen molar-refractivity contribution >= 4 is 23.3 Å². The standard InChI is InChI=1S/C25H31F3N4O3S/c1-17-29-14-21(36-17)5-6-23(33)30-19-3-4-20(34-15-19)9-12-32-11-8-18-2-7-24(31-22(18)10-13-32)35-16-25(26,27)28/h2,5-7,14,19-20H,3-4,8-13,15-16H2,1H3,(H,30,33)/b6-5+/t19-,20+/m0/s1. The van der Waals surface area contributed by atoms with Crippen molar-refractivity contribution in [1.82, 2.24) is 20.2 Å². The summed E-state index contributed by atoms with van der Waals surface area (Å²) in [7, 11) is 0. The van der Waals surface area contributed by atoms with Crippen LogP contribution in [0, 0.1) is 6.92 Å². The lowest BCUT2D eigenvalue weighted by atomic mass is 10.0. The van der Waals surface area contributed by atoms with Crippen LogP contribution in [0.25, 0.3) is 6.08 Å². The van der Waals surface area contributed by atoms with Gasteiger partial charge in [0.1, 0.15) is 0 Å². The van der Waals surface area contributed by atoms with Crippen LogP contribution >= 0.6 is 11.3 Å². The molecule has 196 valence electrons. The van der Waals surface area contributed by atoms with Crippen molar-refractivity contribution in [2.75, 3.05) is 32.8 Å². The fourth-order valence-corrected chi connectivity index (χ4v) is 5.09. The third-order valence-electron chi connectivity index (χ3n) is 6.31. The average molecular weight is 525 g/mol. The van der Waals surface area contributed by atoms with E-state index in [1.54, 1.807) is 23.6 Å². The van der Waals surface area contributed by atoms with Gasteiger partial charge in [0, 0.05) is 55.0 Å². The summed E-state index contributed by atoms with van der Waals surface area (Å²) < 4.78 is 48.0. The number of aromatic nitrogens is 2. The Kier molecular flexibility index (Phi) is 8.97. The van der Waals surface area contributed by atoms with Crippen molar-refractivity contribution in [1.29, 1.82) is 0 Å². The van der Waals surface area contributed by atoms with Crippen LogP contribution in [0.4, 0.5) is 13.2 Å². The van der Waals surface area contributed by atoms with Gasteiger partial charge in [0.2, 0.25) is 11.8 Å². The van der Waals surface area contributed by atoms with Crippen LogP contribution in [-0.2, 0) is 22.4 Å². The van der Waals surface area contributed by atoms with E-state index in [4.69, 9.17) is 9.47 Å². The van der Waals surface area contributed by atoms with Crippen LogP contribution in [0.5, 0.6) is 5.88 Å². The van der Waals surface area contributed by atoms with Gasteiger partial charge < -0.3 is 19.7 Å². The van der Waals surface area contributed by atoms with Crippen LogP contribution in [0.1, 0.15) is 40.4 Å². The van der Waals surface area contributed by atoms with Crippen molar-refractivity contribution in [3.8, 4) is 5.88 Å². The molecule has 0 aliphatic carbocycles. The molecule has 1 fully saturated rings. The normalized spacial score (nSPS) is 21.2. The Hall–Kier alpha value is -2.50. The summed E-state index contributed by atoms with van der Waals surface area (Å²) in [5.74, 6) is -0.108. The van der Waals surface area contributed by atoms with Crippen LogP contribution in [0.3, 0.4) is 0 Å². The second-order valence-corrected chi connectivity index (χ2v) is 10.4. The molecule has 4 heterocycles. The third kappa shape index (κ3) is 8.28. The lowest BCUT2D eigenvalue weighted by Gasteiger charge is -2.31. The zero-order valence-corrected chi connectivity index (χ0v) is 21.0. The highest BCUT2D eigenvalue weighted by Gasteiger charge is 2.29. The summed E-state index contributed by atoms with van der Waals surface area (Å²) in [5.41, 5.74) is 1.87. The van der Waals surface area contributed by atoms with E-state index in [1.807, 2.05) is 13.0 Å². The van der Waals surface area contributed by atoms with Crippen molar-refractivity contribution in [2.45, 2.75) is 57.3 Å². The summed E-state index contributed by atoms with van der Waals surface area (Å²) >= 11 is 1.54. The number of aryl methyl sites for hydroxylation is 1. The van der Waals surface area contributed by atoms with E-state index in [9.17, 15) is 18.0 Å². The first-order valence-corrected chi connectivity index (χ1v) is 13.0. The second-order valence-electron chi connectivity index (χ2n) is 9.14. The number of hydrogen-bond acceptors (Lipinski definition) is 7. The molecule has 36 heavy (non-hydrogen) atoms. The highest BCUT2D eigenvalue weighted by atomic mass is 32.1. The van der Waals surface area contributed by atoms with Gasteiger partial charge in [-0.3, -0.25) is 4.79 Å². The van der Waals surface area contributed by atoms with E-state index in [-0.39, 0.29) is 23.9 Å². The molecule has 2 aromatic rings. The van der Waals surface area contributed by atoms with Gasteiger partial charge in [-0.2, -0.15) is 13.2 Å². The summed E-state index contributed by atoms with van der Waals surface area (Å²) in [6, 6.07) is 3.35. The average Bonchev–Trinajstić information content (AvgIpc) is 3.15. The van der Waals surface area contributed by atoms with E-state index < -0.39 is 12.8 Å². The van der Waals surface area contributed by atoms with E-state index in [2.05, 4.69) is 20.2 Å². The summed E-state index contributed by atoms with van der Waals surface area (Å²) in [6.07, 6.45) is 4.98. The number of amides is 1. The first kappa shape index (κ1) is 26.6. The van der Waals surface area contributed by atoms with Crippen LogP contribution in [0.15, 0.2) is 24.4 Å². The Morgan fingerprint density at radius 3 is 2.86 bits per heavy atom. The number of ether oxygens (including phenoxy) is 2. The number of alkyl halides is 3. The summed E-state index contributed by atoms with van der Waals surface area (Å²) in [6.45, 7) is 3.63. The highest BCUT2D eigenvalue weighted by Crippen LogP contribution is 2.22. The molecule has 1 amide bonds. The number of rotatable bonds is 8. The predicted molar refractivity (Wildman–Crippen MR) is 131 cm³/mol. The zero-order valence-electron chi connectivity index (χ0n) is 20.2. The molecule has 2 aliphatic rings. The Balaban J connectivity index is 1.15. The zero-order chi connectivity index (χ0) is 25.5. The molecule has 2 atom stereocenters. The lowest BCUT2D eigenvalue weighted by molar-refractivity contribution is -0.154. The molecule has 0 unspecified atom stereocenters. The molecule has 0 bridgehead atoms. The minimum absolute atomic E-state index is 0.00844. The Morgan fingerprint density at radius 2 is 2.14 bits per heavy atom. The minimum atomic E-state index is -4.38. The number of carbonyl (C=O) groups is 1. The molecule has 4 rings (SSSR count). The number of pyridine rings is 1. The molecule has 1 saturated heterocycles. The lowest BCUT2D eigenvalue weighted by Crippen LogP contribution is -2.43. The maximum atomic E-state index is 12.4. The number of halogens is 3. The van der Waals surface area contributed by atoms with E-state index in [0.29, 0.717) is 13.0 Å². The Bertz CT molecular complexity index is 1050. The van der Waals surface area contributed by atoms with Gasteiger partial charge in [0.15, 0.2) is 6.61 Å². The Labute approximate surface area is 212 Å². The van der Waals surface area contributed by atoms with Crippen molar-refractivity contribution in [3.05, 3.63) is 45.5 Å². The van der Waals surface area contributed by atoms with Crippen LogP contribution in [-0.4, -0.2) is 71.9 Å². The number of thiazole rings is 1. The van der Waals surface area contributed by atoms with Gasteiger partial charge in [-0.05, 0) is 44.2 Å². The second kappa shape index (κ2) is 12.2. The fraction of sp³-hybridized carbons (Fsp3) is 0.560. The molecule has 2 aromatic heterocycles. The molecule has 7 nitrogen and oxygen atoms in total. The molecule has 0 aromatic carbocycles. The van der Waals surface area contributed by atoms with Crippen LogP contribution < -0.4 is 10.1 Å². The number of carbonyl (C=O) groups excluding carboxylic acids is 1. The number of fused-ring (bicyclic) bond motifs is 1. The molecule has 0 spiro atoms. The molecule has 0 saturated carbocycles. The minimum Gasteiger partial charge on any atom is -0.468 e. The number of hydrogen-bond donors (Lipinski definition) is 1. The molecule has 2 aliphatic heterocycles. The monoisotopic (exact) mass is 524 g/mol. The van der Waals surface area contributed by atoms with Crippen molar-refractivity contribution in [3.63, 3.8) is 0 Å². The van der Waals surface area contributed by atoms with Crippen molar-refractivity contribution in [2.24, 2.45) is 0 Å². The van der Waals surface area contributed by atoms with Crippen LogP contribution in [0.2, 0.25) is 0 Å². The SMILES string of the molecule is Cc1ncc(/C=C/C(=O)N[C@H]2CC[C@H](CCN3CCc4ccc(OCC(F)(F)F)nc4CC3)OC2)s1. The Morgan fingerprint density at radius 1 is 1.31 bits per heavy atom. The largest absolute Gasteiger partial charge is 0.468 e. The smallest absolute Gasteiger partial charge is 0.422 e. The molecular weight excluding hydrogens is 493 g/mol. The van der Waals surface area contributed by atoms with Gasteiger partial charge in [-0.25, -0.2) is 9.97 Å². The third-order valence-corrected chi connectivity index (χ3v) is 7.19.